The highest BCUT2D eigenvalue weighted by atomic mass is 16.3. The summed E-state index contributed by atoms with van der Waals surface area (Å²) in [6.45, 7) is 4.11. The number of nitrogens with zero attached hydrogens (tertiary/aromatic N) is 1. The topological polar surface area (TPSA) is 88.6 Å². The van der Waals surface area contributed by atoms with Crippen LogP contribution in [-0.2, 0) is 16.1 Å². The lowest BCUT2D eigenvalue weighted by Crippen LogP contribution is -2.40. The van der Waals surface area contributed by atoms with Gasteiger partial charge in [-0.3, -0.25) is 14.5 Å². The van der Waals surface area contributed by atoms with Crippen molar-refractivity contribution < 1.29 is 14.0 Å². The van der Waals surface area contributed by atoms with Crippen molar-refractivity contribution in [2.75, 3.05) is 18.4 Å². The van der Waals surface area contributed by atoms with Crippen molar-refractivity contribution in [3.8, 4) is 0 Å². The van der Waals surface area contributed by atoms with Crippen LogP contribution in [0.3, 0.4) is 0 Å². The van der Waals surface area contributed by atoms with Crippen molar-refractivity contribution >= 4 is 23.6 Å². The minimum atomic E-state index is -0.236. The number of piperidine rings is 1. The number of nitrogens with one attached hydrogen (secondary N) is 1. The normalized spacial score (nSPS) is 17.9. The van der Waals surface area contributed by atoms with Gasteiger partial charge in [0.2, 0.25) is 11.8 Å². The molecule has 142 valence electrons. The molecule has 1 atom stereocenters. The van der Waals surface area contributed by atoms with Gasteiger partial charge in [0.25, 0.3) is 0 Å². The number of hydrogen-bond donors (Lipinski definition) is 2. The lowest BCUT2D eigenvalue weighted by Gasteiger charge is -2.31. The Hall–Kier alpha value is -2.86. The predicted octanol–water partition coefficient (Wildman–Crippen LogP) is 2.94. The van der Waals surface area contributed by atoms with Crippen molar-refractivity contribution in [1.29, 1.82) is 0 Å². The maximum Gasteiger partial charge on any atom is 0.248 e. The lowest BCUT2D eigenvalue weighted by molar-refractivity contribution is -0.123. The van der Waals surface area contributed by atoms with Crippen LogP contribution in [0.5, 0.6) is 0 Å². The number of para-hydroxylation sites is 1. The summed E-state index contributed by atoms with van der Waals surface area (Å²) in [6.07, 6.45) is 4.90. The number of rotatable bonds is 6. The molecule has 2 aromatic rings. The van der Waals surface area contributed by atoms with Gasteiger partial charge in [0.1, 0.15) is 11.5 Å². The Balaban J connectivity index is 1.64. The van der Waals surface area contributed by atoms with Gasteiger partial charge in [0, 0.05) is 24.9 Å². The Kier molecular flexibility index (Phi) is 6.08. The first kappa shape index (κ1) is 18.9. The monoisotopic (exact) mass is 367 g/mol. The molecule has 0 spiro atoms. The number of nitrogens with two attached hydrogens (primary N) is 1. The van der Waals surface area contributed by atoms with Crippen LogP contribution in [0.1, 0.15) is 29.9 Å². The summed E-state index contributed by atoms with van der Waals surface area (Å²) in [5.74, 6) is 0.892. The second-order valence-electron chi connectivity index (χ2n) is 6.90. The maximum atomic E-state index is 12.3. The van der Waals surface area contributed by atoms with E-state index in [2.05, 4.69) is 10.2 Å². The largest absolute Gasteiger partial charge is 0.462 e. The van der Waals surface area contributed by atoms with Crippen LogP contribution in [0.25, 0.3) is 6.08 Å². The summed E-state index contributed by atoms with van der Waals surface area (Å²) >= 11 is 0. The van der Waals surface area contributed by atoms with Crippen LogP contribution in [0.4, 0.5) is 5.69 Å². The third-order valence-corrected chi connectivity index (χ3v) is 4.74. The Morgan fingerprint density at radius 2 is 2.11 bits per heavy atom. The number of anilines is 1. The number of carbonyl (C=O) groups excluding carboxylic acids is 2. The third-order valence-electron chi connectivity index (χ3n) is 4.74. The summed E-state index contributed by atoms with van der Waals surface area (Å²) in [6, 6.07) is 11.4. The minimum absolute atomic E-state index is 0.0970. The molecule has 2 heterocycles. The second-order valence-corrected chi connectivity index (χ2v) is 6.90. The van der Waals surface area contributed by atoms with Crippen molar-refractivity contribution in [1.82, 2.24) is 4.90 Å². The first-order chi connectivity index (χ1) is 13.0. The van der Waals surface area contributed by atoms with Crippen LogP contribution in [-0.4, -0.2) is 29.8 Å². The minimum Gasteiger partial charge on any atom is -0.462 e. The van der Waals surface area contributed by atoms with Gasteiger partial charge >= 0.3 is 0 Å². The molecule has 0 aliphatic carbocycles. The molecule has 2 amide bonds. The molecule has 1 fully saturated rings. The third kappa shape index (κ3) is 5.31. The average Bonchev–Trinajstić information content (AvgIpc) is 3.07. The number of benzene rings is 1. The van der Waals surface area contributed by atoms with E-state index < -0.39 is 0 Å². The van der Waals surface area contributed by atoms with E-state index in [1.54, 1.807) is 6.08 Å². The molecule has 0 unspecified atom stereocenters. The van der Waals surface area contributed by atoms with Gasteiger partial charge in [0.15, 0.2) is 0 Å². The maximum absolute atomic E-state index is 12.3. The van der Waals surface area contributed by atoms with Crippen molar-refractivity contribution in [3.05, 3.63) is 59.6 Å². The molecular weight excluding hydrogens is 342 g/mol. The van der Waals surface area contributed by atoms with E-state index in [4.69, 9.17) is 10.2 Å². The van der Waals surface area contributed by atoms with Crippen molar-refractivity contribution in [2.24, 2.45) is 11.7 Å². The highest BCUT2D eigenvalue weighted by Gasteiger charge is 2.24. The lowest BCUT2D eigenvalue weighted by atomic mass is 9.97. The molecule has 0 bridgehead atoms. The summed E-state index contributed by atoms with van der Waals surface area (Å²) in [7, 11) is 0. The predicted molar refractivity (Wildman–Crippen MR) is 105 cm³/mol. The molecular formula is C21H25N3O3. The summed E-state index contributed by atoms with van der Waals surface area (Å²) in [5, 5.41) is 2.93. The molecule has 1 saturated heterocycles. The van der Waals surface area contributed by atoms with Crippen LogP contribution < -0.4 is 11.1 Å². The molecule has 3 rings (SSSR count). The van der Waals surface area contributed by atoms with Gasteiger partial charge < -0.3 is 15.5 Å². The molecule has 1 aromatic carbocycles. The zero-order valence-corrected chi connectivity index (χ0v) is 15.5. The standard InChI is InChI=1S/C21H25N3O3/c1-15-8-9-18(27-15)10-11-20(25)23-19-7-3-2-5-16(19)13-24-12-4-6-17(14-24)21(22)26/h2-3,5,7-11,17H,4,6,12-14H2,1H3,(H2,22,26)(H,23,25)/b11-10+/t17-/m1/s1. The smallest absolute Gasteiger partial charge is 0.248 e. The number of furan rings is 1. The quantitative estimate of drug-likeness (QED) is 0.768. The number of primary amides is 1. The first-order valence-corrected chi connectivity index (χ1v) is 9.16. The Bertz CT molecular complexity index is 841. The van der Waals surface area contributed by atoms with E-state index >= 15 is 0 Å². The number of hydrogen-bond acceptors (Lipinski definition) is 4. The summed E-state index contributed by atoms with van der Waals surface area (Å²) in [4.78, 5) is 26.0. The SMILES string of the molecule is Cc1ccc(/C=C/C(=O)Nc2ccccc2CN2CCC[C@@H](C(N)=O)C2)o1. The van der Waals surface area contributed by atoms with Crippen LogP contribution in [0.15, 0.2) is 46.9 Å². The van der Waals surface area contributed by atoms with E-state index in [9.17, 15) is 9.59 Å². The number of carbonyl (C=O) groups is 2. The Morgan fingerprint density at radius 3 is 2.85 bits per heavy atom. The Labute approximate surface area is 159 Å². The number of likely N-dealkylation sites (tertiary alicyclic amines) is 1. The number of aryl methyl sites for hydroxylation is 1. The van der Waals surface area contributed by atoms with Gasteiger partial charge in [-0.15, -0.1) is 0 Å². The molecule has 3 N–H and O–H groups in total. The fraction of sp³-hybridized carbons (Fsp3) is 0.333. The zero-order chi connectivity index (χ0) is 19.2. The molecule has 1 aromatic heterocycles. The van der Waals surface area contributed by atoms with Crippen LogP contribution in [0.2, 0.25) is 0 Å². The van der Waals surface area contributed by atoms with E-state index in [1.807, 2.05) is 43.3 Å². The van der Waals surface area contributed by atoms with Gasteiger partial charge in [0.05, 0.1) is 5.92 Å². The molecule has 6 heteroatoms. The fourth-order valence-electron chi connectivity index (χ4n) is 3.33. The van der Waals surface area contributed by atoms with E-state index in [0.29, 0.717) is 18.8 Å². The van der Waals surface area contributed by atoms with E-state index in [-0.39, 0.29) is 17.7 Å². The van der Waals surface area contributed by atoms with E-state index in [1.165, 1.54) is 6.08 Å². The van der Waals surface area contributed by atoms with E-state index in [0.717, 1.165) is 36.4 Å². The van der Waals surface area contributed by atoms with Crippen LogP contribution >= 0.6 is 0 Å². The Morgan fingerprint density at radius 1 is 1.30 bits per heavy atom. The van der Waals surface area contributed by atoms with Gasteiger partial charge in [-0.2, -0.15) is 0 Å². The molecule has 0 radical (unpaired) electrons. The second kappa shape index (κ2) is 8.68. The van der Waals surface area contributed by atoms with Gasteiger partial charge in [-0.1, -0.05) is 18.2 Å². The van der Waals surface area contributed by atoms with Crippen molar-refractivity contribution in [2.45, 2.75) is 26.3 Å². The molecule has 27 heavy (non-hydrogen) atoms. The summed E-state index contributed by atoms with van der Waals surface area (Å²) < 4.78 is 5.43. The van der Waals surface area contributed by atoms with Crippen LogP contribution in [0, 0.1) is 12.8 Å². The fourth-order valence-corrected chi connectivity index (χ4v) is 3.33. The molecule has 0 saturated carbocycles. The highest BCUT2D eigenvalue weighted by Crippen LogP contribution is 2.22. The highest BCUT2D eigenvalue weighted by molar-refractivity contribution is 6.02. The zero-order valence-electron chi connectivity index (χ0n) is 15.5. The summed E-state index contributed by atoms with van der Waals surface area (Å²) in [5.41, 5.74) is 7.24. The van der Waals surface area contributed by atoms with Gasteiger partial charge in [-0.25, -0.2) is 0 Å². The molecule has 1 aliphatic heterocycles. The molecule has 1 aliphatic rings. The first-order valence-electron chi connectivity index (χ1n) is 9.16. The number of amides is 2. The van der Waals surface area contributed by atoms with Crippen molar-refractivity contribution in [3.63, 3.8) is 0 Å². The molecule has 6 nitrogen and oxygen atoms in total. The average molecular weight is 367 g/mol. The van der Waals surface area contributed by atoms with Gasteiger partial charge in [-0.05, 0) is 56.1 Å².